The van der Waals surface area contributed by atoms with Crippen LogP contribution in [0.2, 0.25) is 0 Å². The maximum atomic E-state index is 12.4. The third-order valence-electron chi connectivity index (χ3n) is 3.30. The first kappa shape index (κ1) is 8.30. The summed E-state index contributed by atoms with van der Waals surface area (Å²) in [5.74, 6) is -1.93. The molecule has 1 aromatic carbocycles. The minimum Gasteiger partial charge on any atom is -0.468 e. The summed E-state index contributed by atoms with van der Waals surface area (Å²) >= 11 is 0. The van der Waals surface area contributed by atoms with Crippen LogP contribution in [0, 0.1) is 4.91 Å². The van der Waals surface area contributed by atoms with E-state index in [-0.39, 0.29) is 5.56 Å². The van der Waals surface area contributed by atoms with Crippen molar-refractivity contribution in [2.24, 2.45) is 5.29 Å². The smallest absolute Gasteiger partial charge is 0.315 e. The molecule has 1 aliphatic rings. The van der Waals surface area contributed by atoms with Crippen LogP contribution in [-0.2, 0) is 9.53 Å². The molecular formula is C14H18N2O3. The summed E-state index contributed by atoms with van der Waals surface area (Å²) in [5, 5.41) is 4.14. The van der Waals surface area contributed by atoms with Gasteiger partial charge in [-0.25, -0.2) is 0 Å². The second-order valence-corrected chi connectivity index (χ2v) is 4.35. The van der Waals surface area contributed by atoms with Gasteiger partial charge >= 0.3 is 5.97 Å². The summed E-state index contributed by atoms with van der Waals surface area (Å²) in [6.45, 7) is 0.348. The SMILES string of the molecule is [2H]c1c([2H])c([2H])c(C(C(=O)OC)C2CCCCN2N=O)c([2H])c1[2H]. The highest BCUT2D eigenvalue weighted by Gasteiger charge is 2.36. The molecule has 2 unspecified atom stereocenters. The largest absolute Gasteiger partial charge is 0.468 e. The summed E-state index contributed by atoms with van der Waals surface area (Å²) in [6, 6.07) is -3.22. The Labute approximate surface area is 119 Å². The monoisotopic (exact) mass is 267 g/mol. The molecule has 0 N–H and O–H groups in total. The highest BCUT2D eigenvalue weighted by Crippen LogP contribution is 2.31. The molecule has 1 saturated heterocycles. The lowest BCUT2D eigenvalue weighted by Gasteiger charge is -2.35. The van der Waals surface area contributed by atoms with Crippen LogP contribution in [-0.4, -0.2) is 30.7 Å². The minimum atomic E-state index is -1.18. The lowest BCUT2D eigenvalue weighted by atomic mass is 9.86. The fourth-order valence-corrected chi connectivity index (χ4v) is 2.39. The predicted molar refractivity (Wildman–Crippen MR) is 71.3 cm³/mol. The quantitative estimate of drug-likeness (QED) is 0.621. The van der Waals surface area contributed by atoms with Crippen LogP contribution >= 0.6 is 0 Å². The van der Waals surface area contributed by atoms with E-state index >= 15 is 0 Å². The van der Waals surface area contributed by atoms with Crippen molar-refractivity contribution in [1.82, 2.24) is 5.01 Å². The highest BCUT2D eigenvalue weighted by molar-refractivity contribution is 5.79. The van der Waals surface area contributed by atoms with Crippen molar-refractivity contribution >= 4 is 5.97 Å². The zero-order chi connectivity index (χ0) is 18.0. The fraction of sp³-hybridized carbons (Fsp3) is 0.500. The van der Waals surface area contributed by atoms with Gasteiger partial charge in [0.25, 0.3) is 0 Å². The molecule has 5 nitrogen and oxygen atoms in total. The molecule has 1 aromatic rings. The van der Waals surface area contributed by atoms with Gasteiger partial charge in [-0.2, -0.15) is 0 Å². The summed E-state index contributed by atoms with van der Waals surface area (Å²) in [6.07, 6.45) is 1.91. The fourth-order valence-electron chi connectivity index (χ4n) is 2.39. The van der Waals surface area contributed by atoms with Crippen molar-refractivity contribution in [3.05, 3.63) is 40.7 Å². The number of hydrogen-bond donors (Lipinski definition) is 0. The molecule has 1 aliphatic heterocycles. The number of nitroso groups, excluding NO2 is 1. The summed E-state index contributed by atoms with van der Waals surface area (Å²) in [7, 11) is 1.16. The molecule has 102 valence electrons. The van der Waals surface area contributed by atoms with Crippen LogP contribution in [0.25, 0.3) is 0 Å². The summed E-state index contributed by atoms with van der Waals surface area (Å²) in [4.78, 5) is 23.5. The van der Waals surface area contributed by atoms with Crippen molar-refractivity contribution in [2.45, 2.75) is 31.2 Å². The third-order valence-corrected chi connectivity index (χ3v) is 3.30. The summed E-state index contributed by atoms with van der Waals surface area (Å²) in [5.41, 5.74) is -0.159. The third kappa shape index (κ3) is 2.92. The number of carbonyl (C=O) groups is 1. The average Bonchev–Trinajstić information content (AvgIpc) is 2.61. The normalized spacial score (nSPS) is 24.4. The standard InChI is InChI=1S/C14H18N2O3/c1-19-14(17)13(11-7-3-2-4-8-11)12-9-5-6-10-16(12)15-18/h2-4,7-8,12-13H,5-6,9-10H2,1H3/i2D,3D,4D,7D,8D. The molecule has 0 saturated carbocycles. The number of esters is 1. The van der Waals surface area contributed by atoms with Crippen LogP contribution < -0.4 is 0 Å². The van der Waals surface area contributed by atoms with Crippen molar-refractivity contribution < 1.29 is 16.4 Å². The maximum absolute atomic E-state index is 12.4. The molecular weight excluding hydrogens is 244 g/mol. The van der Waals surface area contributed by atoms with Gasteiger partial charge in [-0.05, 0) is 24.8 Å². The van der Waals surface area contributed by atoms with Crippen molar-refractivity contribution in [1.29, 1.82) is 0 Å². The molecule has 0 amide bonds. The molecule has 5 heteroatoms. The minimum absolute atomic E-state index is 0.159. The van der Waals surface area contributed by atoms with Crippen LogP contribution in [0.5, 0.6) is 0 Å². The first-order valence-corrected chi connectivity index (χ1v) is 6.09. The maximum Gasteiger partial charge on any atom is 0.315 e. The van der Waals surface area contributed by atoms with Gasteiger partial charge < -0.3 is 4.74 Å². The van der Waals surface area contributed by atoms with Crippen LogP contribution in [0.1, 0.15) is 37.6 Å². The number of nitrogens with zero attached hydrogens (tertiary/aromatic N) is 2. The van der Waals surface area contributed by atoms with Gasteiger partial charge in [-0.15, -0.1) is 4.91 Å². The van der Waals surface area contributed by atoms with Gasteiger partial charge in [0.1, 0.15) is 5.92 Å². The lowest BCUT2D eigenvalue weighted by Crippen LogP contribution is -2.42. The van der Waals surface area contributed by atoms with Gasteiger partial charge in [-0.1, -0.05) is 30.2 Å². The van der Waals surface area contributed by atoms with E-state index in [1.165, 1.54) is 5.01 Å². The van der Waals surface area contributed by atoms with E-state index in [1.807, 2.05) is 0 Å². The van der Waals surface area contributed by atoms with Crippen LogP contribution in [0.3, 0.4) is 0 Å². The van der Waals surface area contributed by atoms with Gasteiger partial charge in [0.2, 0.25) is 0 Å². The molecule has 1 heterocycles. The zero-order valence-corrected chi connectivity index (χ0v) is 10.6. The number of ether oxygens (including phenoxy) is 1. The molecule has 0 bridgehead atoms. The number of methoxy groups -OCH3 is 1. The first-order chi connectivity index (χ1) is 11.3. The van der Waals surface area contributed by atoms with E-state index in [0.717, 1.165) is 20.0 Å². The van der Waals surface area contributed by atoms with Crippen molar-refractivity contribution in [3.63, 3.8) is 0 Å². The Bertz CT molecular complexity index is 641. The second kappa shape index (κ2) is 6.31. The molecule has 0 radical (unpaired) electrons. The molecule has 2 atom stereocenters. The zero-order valence-electron chi connectivity index (χ0n) is 15.6. The Balaban J connectivity index is 2.66. The van der Waals surface area contributed by atoms with E-state index in [4.69, 9.17) is 11.6 Å². The van der Waals surface area contributed by atoms with E-state index in [2.05, 4.69) is 5.29 Å². The van der Waals surface area contributed by atoms with Gasteiger partial charge in [0, 0.05) is 6.54 Å². The van der Waals surface area contributed by atoms with E-state index in [1.54, 1.807) is 0 Å². The second-order valence-electron chi connectivity index (χ2n) is 4.35. The highest BCUT2D eigenvalue weighted by atomic mass is 16.5. The molecule has 0 spiro atoms. The average molecular weight is 267 g/mol. The number of benzene rings is 1. The summed E-state index contributed by atoms with van der Waals surface area (Å²) < 4.78 is 44.1. The molecule has 19 heavy (non-hydrogen) atoms. The van der Waals surface area contributed by atoms with E-state index in [9.17, 15) is 9.70 Å². The van der Waals surface area contributed by atoms with Crippen LogP contribution in [0.15, 0.2) is 35.5 Å². The van der Waals surface area contributed by atoms with Gasteiger partial charge in [-0.3, -0.25) is 9.80 Å². The van der Waals surface area contributed by atoms with Gasteiger partial charge in [0.15, 0.2) is 0 Å². The van der Waals surface area contributed by atoms with Crippen molar-refractivity contribution in [2.75, 3.05) is 13.7 Å². The number of rotatable bonds is 4. The molecule has 0 aliphatic carbocycles. The Hall–Kier alpha value is -1.91. The van der Waals surface area contributed by atoms with Gasteiger partial charge in [0.05, 0.1) is 25.3 Å². The van der Waals surface area contributed by atoms with Crippen LogP contribution in [0.4, 0.5) is 0 Å². The molecule has 1 fully saturated rings. The van der Waals surface area contributed by atoms with Crippen molar-refractivity contribution in [3.8, 4) is 0 Å². The first-order valence-electron chi connectivity index (χ1n) is 8.59. The van der Waals surface area contributed by atoms with E-state index < -0.39 is 48.1 Å². The number of piperidine rings is 1. The molecule has 0 aromatic heterocycles. The topological polar surface area (TPSA) is 59.0 Å². The lowest BCUT2D eigenvalue weighted by molar-refractivity contribution is -0.144. The Morgan fingerprint density at radius 3 is 2.84 bits per heavy atom. The number of hydrogen-bond acceptors (Lipinski definition) is 4. The Morgan fingerprint density at radius 2 is 2.21 bits per heavy atom. The predicted octanol–water partition coefficient (Wildman–Crippen LogP) is 2.48. The Morgan fingerprint density at radius 1 is 1.47 bits per heavy atom. The van der Waals surface area contributed by atoms with E-state index in [0.29, 0.717) is 13.0 Å². The molecule has 2 rings (SSSR count). The Kier molecular flexibility index (Phi) is 2.76. The number of carbonyl (C=O) groups excluding carboxylic acids is 1.